The summed E-state index contributed by atoms with van der Waals surface area (Å²) in [4.78, 5) is 39.8. The minimum absolute atomic E-state index is 0.142. The second-order valence-corrected chi connectivity index (χ2v) is 8.54. The van der Waals surface area contributed by atoms with Crippen LogP contribution in [0.1, 0.15) is 43.9 Å². The minimum atomic E-state index is -0.422. The third-order valence-electron chi connectivity index (χ3n) is 6.17. The molecule has 0 spiro atoms. The van der Waals surface area contributed by atoms with Gasteiger partial charge in [0.05, 0.1) is 30.0 Å². The number of imide groups is 1. The van der Waals surface area contributed by atoms with Gasteiger partial charge in [-0.25, -0.2) is 0 Å². The van der Waals surface area contributed by atoms with Gasteiger partial charge in [0.1, 0.15) is 0 Å². The van der Waals surface area contributed by atoms with Gasteiger partial charge < -0.3 is 18.9 Å². The zero-order valence-corrected chi connectivity index (χ0v) is 19.0. The molecule has 2 aliphatic rings. The second-order valence-electron chi connectivity index (χ2n) is 8.54. The van der Waals surface area contributed by atoms with Crippen molar-refractivity contribution >= 4 is 23.4 Å². The lowest BCUT2D eigenvalue weighted by Gasteiger charge is -2.17. The molecular weight excluding hydrogens is 464 g/mol. The van der Waals surface area contributed by atoms with E-state index in [1.54, 1.807) is 36.4 Å². The molecule has 1 N–H and O–H groups in total. The van der Waals surface area contributed by atoms with Crippen molar-refractivity contribution in [2.45, 2.75) is 18.9 Å². The van der Waals surface area contributed by atoms with Gasteiger partial charge in [-0.2, -0.15) is 0 Å². The van der Waals surface area contributed by atoms with Gasteiger partial charge in [0.2, 0.25) is 5.89 Å². The molecule has 3 amide bonds. The Morgan fingerprint density at radius 3 is 2.67 bits per heavy atom. The number of nitrogens with zero attached hydrogens (tertiary/aromatic N) is 3. The van der Waals surface area contributed by atoms with Crippen molar-refractivity contribution in [2.75, 3.05) is 18.5 Å². The Bertz CT molecular complexity index is 1470. The van der Waals surface area contributed by atoms with E-state index in [9.17, 15) is 14.4 Å². The van der Waals surface area contributed by atoms with E-state index in [1.165, 1.54) is 29.4 Å². The Hall–Kier alpha value is -4.57. The van der Waals surface area contributed by atoms with Crippen LogP contribution >= 0.6 is 0 Å². The van der Waals surface area contributed by atoms with Gasteiger partial charge in [0, 0.05) is 23.4 Å². The molecule has 1 unspecified atom stereocenters. The maximum atomic E-state index is 13.0. The largest absolute Gasteiger partial charge is 0.459 e. The summed E-state index contributed by atoms with van der Waals surface area (Å²) in [5.74, 6) is -0.225. The number of carbonyl (C=O) groups is 3. The summed E-state index contributed by atoms with van der Waals surface area (Å²) < 4.78 is 16.5. The molecule has 10 heteroatoms. The number of hydrogen-bond acceptors (Lipinski definition) is 8. The summed E-state index contributed by atoms with van der Waals surface area (Å²) in [6.45, 7) is 0.856. The van der Waals surface area contributed by atoms with E-state index in [0.29, 0.717) is 29.2 Å². The first-order chi connectivity index (χ1) is 17.6. The first-order valence-electron chi connectivity index (χ1n) is 11.5. The lowest BCUT2D eigenvalue weighted by atomic mass is 10.1. The molecule has 1 saturated heterocycles. The van der Waals surface area contributed by atoms with Crippen LogP contribution in [0, 0.1) is 0 Å². The van der Waals surface area contributed by atoms with E-state index in [1.807, 2.05) is 0 Å². The van der Waals surface area contributed by atoms with Crippen LogP contribution in [0.15, 0.2) is 69.7 Å². The molecule has 0 saturated carbocycles. The predicted octanol–water partition coefficient (Wildman–Crippen LogP) is 4.02. The highest BCUT2D eigenvalue weighted by atomic mass is 16.5. The number of aromatic nitrogens is 2. The highest BCUT2D eigenvalue weighted by Crippen LogP contribution is 2.28. The molecule has 1 fully saturated rings. The number of anilines is 1. The SMILES string of the molecule is O=C(Nc1cccc(-c2nnc(-c3ccco3)o2)c1)c1ccc2c(c1)C(=O)N(CC1CCCO1)C2=O. The maximum absolute atomic E-state index is 13.0. The molecule has 1 atom stereocenters. The van der Waals surface area contributed by atoms with Gasteiger partial charge in [-0.05, 0) is 61.4 Å². The van der Waals surface area contributed by atoms with Crippen molar-refractivity contribution in [1.82, 2.24) is 15.1 Å². The summed E-state index contributed by atoms with van der Waals surface area (Å²) in [6, 6.07) is 14.9. The summed E-state index contributed by atoms with van der Waals surface area (Å²) in [7, 11) is 0. The van der Waals surface area contributed by atoms with E-state index in [0.717, 1.165) is 12.8 Å². The fourth-order valence-corrected chi connectivity index (χ4v) is 4.36. The van der Waals surface area contributed by atoms with Crippen LogP contribution in [0.3, 0.4) is 0 Å². The molecular formula is C26H20N4O6. The van der Waals surface area contributed by atoms with Crippen LogP contribution in [-0.4, -0.2) is 52.1 Å². The Labute approximate surface area is 204 Å². The number of fused-ring (bicyclic) bond motifs is 1. The minimum Gasteiger partial charge on any atom is -0.459 e. The topological polar surface area (TPSA) is 128 Å². The molecule has 2 aromatic heterocycles. The van der Waals surface area contributed by atoms with Crippen molar-refractivity contribution < 1.29 is 28.0 Å². The van der Waals surface area contributed by atoms with Crippen LogP contribution in [0.5, 0.6) is 0 Å². The van der Waals surface area contributed by atoms with Gasteiger partial charge in [0.25, 0.3) is 23.6 Å². The Balaban J connectivity index is 1.19. The van der Waals surface area contributed by atoms with Crippen molar-refractivity contribution in [3.05, 3.63) is 77.6 Å². The molecule has 180 valence electrons. The van der Waals surface area contributed by atoms with E-state index in [2.05, 4.69) is 15.5 Å². The smallest absolute Gasteiger partial charge is 0.283 e. The molecule has 6 rings (SSSR count). The molecule has 0 radical (unpaired) electrons. The van der Waals surface area contributed by atoms with Crippen molar-refractivity contribution in [3.63, 3.8) is 0 Å². The molecule has 0 bridgehead atoms. The highest BCUT2D eigenvalue weighted by molar-refractivity contribution is 6.22. The third kappa shape index (κ3) is 3.97. The maximum Gasteiger partial charge on any atom is 0.283 e. The summed E-state index contributed by atoms with van der Waals surface area (Å²) in [6.07, 6.45) is 3.10. The molecule has 0 aliphatic carbocycles. The fourth-order valence-electron chi connectivity index (χ4n) is 4.36. The normalized spacial score (nSPS) is 17.0. The van der Waals surface area contributed by atoms with Gasteiger partial charge in [-0.15, -0.1) is 10.2 Å². The molecule has 4 heterocycles. The summed E-state index contributed by atoms with van der Waals surface area (Å²) >= 11 is 0. The Morgan fingerprint density at radius 1 is 1.00 bits per heavy atom. The van der Waals surface area contributed by atoms with E-state index >= 15 is 0 Å². The molecule has 2 aliphatic heterocycles. The molecule has 4 aromatic rings. The van der Waals surface area contributed by atoms with E-state index in [4.69, 9.17) is 13.6 Å². The van der Waals surface area contributed by atoms with Crippen molar-refractivity contribution in [1.29, 1.82) is 0 Å². The van der Waals surface area contributed by atoms with E-state index < -0.39 is 11.8 Å². The summed E-state index contributed by atoms with van der Waals surface area (Å²) in [5.41, 5.74) is 1.88. The molecule has 2 aromatic carbocycles. The molecule has 36 heavy (non-hydrogen) atoms. The van der Waals surface area contributed by atoms with Crippen LogP contribution in [-0.2, 0) is 4.74 Å². The number of hydrogen-bond donors (Lipinski definition) is 1. The van der Waals surface area contributed by atoms with Crippen LogP contribution < -0.4 is 5.32 Å². The number of ether oxygens (including phenoxy) is 1. The average molecular weight is 484 g/mol. The van der Waals surface area contributed by atoms with Crippen LogP contribution in [0.2, 0.25) is 0 Å². The zero-order valence-electron chi connectivity index (χ0n) is 19.0. The van der Waals surface area contributed by atoms with Gasteiger partial charge in [-0.3, -0.25) is 19.3 Å². The molecule has 10 nitrogen and oxygen atoms in total. The Morgan fingerprint density at radius 2 is 1.86 bits per heavy atom. The standard InChI is InChI=1S/C26H20N4O6/c31-22(15-8-9-19-20(13-15)26(33)30(25(19)32)14-18-6-2-10-34-18)27-17-5-1-4-16(12-17)23-28-29-24(36-23)21-7-3-11-35-21/h1,3-5,7-9,11-13,18H,2,6,10,14H2,(H,27,31). The van der Waals surface area contributed by atoms with Crippen molar-refractivity contribution in [3.8, 4) is 23.1 Å². The first-order valence-corrected chi connectivity index (χ1v) is 11.5. The third-order valence-corrected chi connectivity index (χ3v) is 6.17. The van der Waals surface area contributed by atoms with Crippen LogP contribution in [0.4, 0.5) is 5.69 Å². The van der Waals surface area contributed by atoms with Crippen LogP contribution in [0.25, 0.3) is 23.1 Å². The quantitative estimate of drug-likeness (QED) is 0.407. The van der Waals surface area contributed by atoms with E-state index in [-0.39, 0.29) is 41.5 Å². The van der Waals surface area contributed by atoms with Gasteiger partial charge in [0.15, 0.2) is 5.76 Å². The Kier molecular flexibility index (Phi) is 5.42. The van der Waals surface area contributed by atoms with Gasteiger partial charge in [-0.1, -0.05) is 6.07 Å². The number of amides is 3. The number of carbonyl (C=O) groups excluding carboxylic acids is 3. The first kappa shape index (κ1) is 21.9. The second kappa shape index (κ2) is 8.90. The lowest BCUT2D eigenvalue weighted by molar-refractivity contribution is 0.0475. The van der Waals surface area contributed by atoms with Crippen molar-refractivity contribution in [2.24, 2.45) is 0 Å². The number of nitrogens with one attached hydrogen (secondary N) is 1. The fraction of sp³-hybridized carbons (Fsp3) is 0.192. The monoisotopic (exact) mass is 484 g/mol. The summed E-state index contributed by atoms with van der Waals surface area (Å²) in [5, 5.41) is 10.8. The number of furan rings is 1. The van der Waals surface area contributed by atoms with Gasteiger partial charge >= 0.3 is 0 Å². The zero-order chi connectivity index (χ0) is 24.6. The predicted molar refractivity (Wildman–Crippen MR) is 126 cm³/mol. The number of rotatable bonds is 6. The lowest BCUT2D eigenvalue weighted by Crippen LogP contribution is -2.36. The highest BCUT2D eigenvalue weighted by Gasteiger charge is 2.38. The average Bonchev–Trinajstić information content (AvgIpc) is 3.70. The number of benzene rings is 2.